The lowest BCUT2D eigenvalue weighted by Crippen LogP contribution is -2.19. The van der Waals surface area contributed by atoms with Gasteiger partial charge in [-0.15, -0.1) is 0 Å². The van der Waals surface area contributed by atoms with Crippen LogP contribution in [0.2, 0.25) is 5.02 Å². The highest BCUT2D eigenvalue weighted by Crippen LogP contribution is 2.15. The van der Waals surface area contributed by atoms with Crippen molar-refractivity contribution in [2.45, 2.75) is 26.7 Å². The van der Waals surface area contributed by atoms with E-state index in [4.69, 9.17) is 23.2 Å². The highest BCUT2D eigenvalue weighted by atomic mass is 35.5. The molecular weight excluding hydrogens is 271 g/mol. The fourth-order valence-electron chi connectivity index (χ4n) is 1.52. The fraction of sp³-hybridized carbons (Fsp3) is 0.385. The molecule has 0 atom stereocenters. The van der Waals surface area contributed by atoms with E-state index in [0.717, 1.165) is 18.5 Å². The highest BCUT2D eigenvalue weighted by molar-refractivity contribution is 6.83. The third-order valence-electron chi connectivity index (χ3n) is 2.69. The summed E-state index contributed by atoms with van der Waals surface area (Å²) in [5.41, 5.74) is 3.46. The summed E-state index contributed by atoms with van der Waals surface area (Å²) in [6.45, 7) is 3.92. The van der Waals surface area contributed by atoms with Crippen molar-refractivity contribution in [3.05, 3.63) is 29.3 Å². The summed E-state index contributed by atoms with van der Waals surface area (Å²) in [5.74, 6) is -0.184. The smallest absolute Gasteiger partial charge is 0.197 e. The third-order valence-corrected chi connectivity index (χ3v) is 3.21. The maximum absolute atomic E-state index is 11.9. The first kappa shape index (κ1) is 15.0. The summed E-state index contributed by atoms with van der Waals surface area (Å²) >= 11 is 11.6. The Morgan fingerprint density at radius 2 is 1.83 bits per heavy atom. The molecule has 0 unspecified atom stereocenters. The molecule has 18 heavy (non-hydrogen) atoms. The molecular formula is C13H16Cl2N2O. The number of rotatable bonds is 6. The number of carbonyl (C=O) groups is 1. The Bertz CT molecular complexity index is 425. The summed E-state index contributed by atoms with van der Waals surface area (Å²) in [4.78, 5) is 11.9. The molecule has 98 valence electrons. The van der Waals surface area contributed by atoms with E-state index >= 15 is 0 Å². The van der Waals surface area contributed by atoms with Crippen molar-refractivity contribution < 1.29 is 4.79 Å². The van der Waals surface area contributed by atoms with Gasteiger partial charge in [-0.1, -0.05) is 37.0 Å². The molecule has 5 heteroatoms. The van der Waals surface area contributed by atoms with E-state index in [1.165, 1.54) is 0 Å². The van der Waals surface area contributed by atoms with Crippen LogP contribution in [0.4, 0.5) is 5.69 Å². The molecule has 0 saturated heterocycles. The lowest BCUT2D eigenvalue weighted by molar-refractivity contribution is -0.116. The second kappa shape index (κ2) is 7.39. The molecule has 1 rings (SSSR count). The lowest BCUT2D eigenvalue weighted by atomic mass is 9.99. The van der Waals surface area contributed by atoms with Gasteiger partial charge in [0.2, 0.25) is 0 Å². The summed E-state index contributed by atoms with van der Waals surface area (Å²) in [5, 5.41) is 4.51. The molecule has 3 nitrogen and oxygen atoms in total. The van der Waals surface area contributed by atoms with Gasteiger partial charge < -0.3 is 0 Å². The van der Waals surface area contributed by atoms with E-state index in [1.54, 1.807) is 24.3 Å². The Balaban J connectivity index is 2.66. The average molecular weight is 287 g/mol. The molecule has 0 bridgehead atoms. The van der Waals surface area contributed by atoms with E-state index in [2.05, 4.69) is 10.5 Å². The molecule has 0 spiro atoms. The van der Waals surface area contributed by atoms with E-state index in [9.17, 15) is 4.79 Å². The van der Waals surface area contributed by atoms with Crippen LogP contribution in [-0.4, -0.2) is 11.0 Å². The standard InChI is InChI=1S/C13H16Cl2N2O/c1-3-9(4-2)12(18)13(15)17-16-11-7-5-10(14)6-8-11/h5-9,16H,3-4H2,1-2H3. The summed E-state index contributed by atoms with van der Waals surface area (Å²) < 4.78 is 0. The molecule has 0 heterocycles. The van der Waals surface area contributed by atoms with Crippen molar-refractivity contribution in [3.63, 3.8) is 0 Å². The van der Waals surface area contributed by atoms with Crippen LogP contribution in [-0.2, 0) is 4.79 Å². The lowest BCUT2D eigenvalue weighted by Gasteiger charge is -2.09. The molecule has 0 saturated carbocycles. The second-order valence-electron chi connectivity index (χ2n) is 3.90. The number of anilines is 1. The number of halogens is 2. The molecule has 0 radical (unpaired) electrons. The monoisotopic (exact) mass is 286 g/mol. The minimum Gasteiger partial charge on any atom is -0.291 e. The number of Topliss-reactive ketones (excluding diaryl/α,β-unsaturated/α-hetero) is 1. The number of carbonyl (C=O) groups excluding carboxylic acids is 1. The van der Waals surface area contributed by atoms with Gasteiger partial charge in [0.1, 0.15) is 0 Å². The topological polar surface area (TPSA) is 41.5 Å². The normalized spacial score (nSPS) is 11.7. The van der Waals surface area contributed by atoms with Gasteiger partial charge in [0.05, 0.1) is 5.69 Å². The maximum Gasteiger partial charge on any atom is 0.197 e. The zero-order chi connectivity index (χ0) is 13.5. The number of benzene rings is 1. The molecule has 1 aromatic rings. The number of nitrogens with zero attached hydrogens (tertiary/aromatic N) is 1. The molecule has 0 aliphatic heterocycles. The van der Waals surface area contributed by atoms with Gasteiger partial charge in [0.25, 0.3) is 0 Å². The Hall–Kier alpha value is -1.06. The van der Waals surface area contributed by atoms with E-state index in [-0.39, 0.29) is 16.9 Å². The Labute approximate surface area is 117 Å². The van der Waals surface area contributed by atoms with Gasteiger partial charge in [-0.25, -0.2) is 0 Å². The summed E-state index contributed by atoms with van der Waals surface area (Å²) in [7, 11) is 0. The van der Waals surface area contributed by atoms with Crippen molar-refractivity contribution >= 4 is 39.8 Å². The molecule has 0 fully saturated rings. The van der Waals surface area contributed by atoms with Crippen LogP contribution in [0.3, 0.4) is 0 Å². The van der Waals surface area contributed by atoms with E-state index in [0.29, 0.717) is 5.02 Å². The SMILES string of the molecule is CCC(CC)C(=O)C(Cl)=NNc1ccc(Cl)cc1. The van der Waals surface area contributed by atoms with E-state index in [1.807, 2.05) is 13.8 Å². The fourth-order valence-corrected chi connectivity index (χ4v) is 1.84. The van der Waals surface area contributed by atoms with Gasteiger partial charge in [0.15, 0.2) is 11.0 Å². The van der Waals surface area contributed by atoms with Gasteiger partial charge in [-0.3, -0.25) is 10.2 Å². The Morgan fingerprint density at radius 3 is 2.33 bits per heavy atom. The molecule has 0 aliphatic rings. The average Bonchev–Trinajstić information content (AvgIpc) is 2.39. The van der Waals surface area contributed by atoms with Crippen molar-refractivity contribution in [2.24, 2.45) is 11.0 Å². The molecule has 0 aliphatic carbocycles. The van der Waals surface area contributed by atoms with Gasteiger partial charge in [0, 0.05) is 10.9 Å². The van der Waals surface area contributed by atoms with Crippen molar-refractivity contribution in [1.29, 1.82) is 0 Å². The van der Waals surface area contributed by atoms with Crippen molar-refractivity contribution in [2.75, 3.05) is 5.43 Å². The molecule has 0 amide bonds. The maximum atomic E-state index is 11.9. The Kier molecular flexibility index (Phi) is 6.16. The summed E-state index contributed by atoms with van der Waals surface area (Å²) in [6, 6.07) is 6.99. The summed E-state index contributed by atoms with van der Waals surface area (Å²) in [6.07, 6.45) is 1.53. The predicted molar refractivity (Wildman–Crippen MR) is 77.4 cm³/mol. The van der Waals surface area contributed by atoms with Crippen LogP contribution in [0.25, 0.3) is 0 Å². The Morgan fingerprint density at radius 1 is 1.28 bits per heavy atom. The molecule has 1 N–H and O–H groups in total. The van der Waals surface area contributed by atoms with Crippen LogP contribution >= 0.6 is 23.2 Å². The number of hydrogen-bond donors (Lipinski definition) is 1. The van der Waals surface area contributed by atoms with Crippen LogP contribution < -0.4 is 5.43 Å². The van der Waals surface area contributed by atoms with Crippen LogP contribution in [0.15, 0.2) is 29.4 Å². The molecule has 1 aromatic carbocycles. The van der Waals surface area contributed by atoms with Gasteiger partial charge >= 0.3 is 0 Å². The first-order valence-corrected chi connectivity index (χ1v) is 6.63. The van der Waals surface area contributed by atoms with Crippen LogP contribution in [0.1, 0.15) is 26.7 Å². The first-order valence-electron chi connectivity index (χ1n) is 5.87. The zero-order valence-corrected chi connectivity index (χ0v) is 11.9. The number of ketones is 1. The molecule has 0 aromatic heterocycles. The quantitative estimate of drug-likeness (QED) is 0.625. The minimum atomic E-state index is -0.122. The minimum absolute atomic E-state index is 0.0151. The van der Waals surface area contributed by atoms with Crippen LogP contribution in [0, 0.1) is 5.92 Å². The van der Waals surface area contributed by atoms with Crippen molar-refractivity contribution in [3.8, 4) is 0 Å². The number of nitrogens with one attached hydrogen (secondary N) is 1. The van der Waals surface area contributed by atoms with Gasteiger partial charge in [-0.2, -0.15) is 5.10 Å². The number of hydrogen-bond acceptors (Lipinski definition) is 3. The van der Waals surface area contributed by atoms with E-state index < -0.39 is 0 Å². The van der Waals surface area contributed by atoms with Crippen molar-refractivity contribution in [1.82, 2.24) is 0 Å². The largest absolute Gasteiger partial charge is 0.291 e. The first-order chi connectivity index (χ1) is 8.58. The zero-order valence-electron chi connectivity index (χ0n) is 10.4. The second-order valence-corrected chi connectivity index (χ2v) is 4.69. The van der Waals surface area contributed by atoms with Crippen LogP contribution in [0.5, 0.6) is 0 Å². The third kappa shape index (κ3) is 4.31. The number of hydrazone groups is 1. The predicted octanol–water partition coefficient (Wildman–Crippen LogP) is 4.31. The highest BCUT2D eigenvalue weighted by Gasteiger charge is 2.18. The van der Waals surface area contributed by atoms with Gasteiger partial charge in [-0.05, 0) is 37.1 Å².